The van der Waals surface area contributed by atoms with Gasteiger partial charge in [-0.25, -0.2) is 4.79 Å². The van der Waals surface area contributed by atoms with Gasteiger partial charge in [0.05, 0.1) is 12.3 Å². The first-order valence-corrected chi connectivity index (χ1v) is 6.29. The van der Waals surface area contributed by atoms with Gasteiger partial charge >= 0.3 is 11.9 Å². The van der Waals surface area contributed by atoms with Crippen molar-refractivity contribution >= 4 is 40.6 Å². The molecule has 1 aromatic carbocycles. The molecule has 0 unspecified atom stereocenters. The molecule has 20 heavy (non-hydrogen) atoms. The van der Waals surface area contributed by atoms with E-state index in [4.69, 9.17) is 12.2 Å². The van der Waals surface area contributed by atoms with E-state index in [-0.39, 0.29) is 6.61 Å². The van der Waals surface area contributed by atoms with Gasteiger partial charge in [-0.2, -0.15) is 0 Å². The molecule has 0 aliphatic rings. The normalized spacial score (nSPS) is 9.30. The molecule has 1 rings (SSSR count). The van der Waals surface area contributed by atoms with Gasteiger partial charge < -0.3 is 15.4 Å². The number of anilines is 2. The highest BCUT2D eigenvalue weighted by Gasteiger charge is 2.13. The number of nitrogens with one attached hydrogen (secondary N) is 4. The Morgan fingerprint density at radius 3 is 2.35 bits per heavy atom. The van der Waals surface area contributed by atoms with Crippen molar-refractivity contribution in [3.8, 4) is 0 Å². The quantitative estimate of drug-likeness (QED) is 0.280. The van der Waals surface area contributed by atoms with Gasteiger partial charge in [0.2, 0.25) is 0 Å². The molecule has 0 bridgehead atoms. The Kier molecular flexibility index (Phi) is 6.24. The van der Waals surface area contributed by atoms with E-state index < -0.39 is 11.9 Å². The molecule has 0 aliphatic carbocycles. The van der Waals surface area contributed by atoms with E-state index in [2.05, 4.69) is 26.2 Å². The first-order valence-electron chi connectivity index (χ1n) is 5.88. The Morgan fingerprint density at radius 2 is 1.80 bits per heavy atom. The highest BCUT2D eigenvalue weighted by molar-refractivity contribution is 7.80. The fraction of sp³-hybridized carbons (Fsp3) is 0.250. The van der Waals surface area contributed by atoms with Crippen LogP contribution < -0.4 is 21.5 Å². The summed E-state index contributed by atoms with van der Waals surface area (Å²) in [7, 11) is 1.72. The lowest BCUT2D eigenvalue weighted by atomic mass is 10.3. The molecule has 0 spiro atoms. The SMILES string of the molecule is CCOC(=O)C(=O)NNc1ccc(NC(=S)NC)cc1. The lowest BCUT2D eigenvalue weighted by Gasteiger charge is -2.10. The van der Waals surface area contributed by atoms with E-state index in [0.717, 1.165) is 5.69 Å². The molecule has 8 heteroatoms. The summed E-state index contributed by atoms with van der Waals surface area (Å²) in [5, 5.41) is 6.24. The number of hydrogen-bond acceptors (Lipinski definition) is 5. The fourth-order valence-electron chi connectivity index (χ4n) is 1.21. The predicted octanol–water partition coefficient (Wildman–Crippen LogP) is 0.609. The van der Waals surface area contributed by atoms with E-state index in [0.29, 0.717) is 10.8 Å². The number of benzene rings is 1. The number of ether oxygens (including phenoxy) is 1. The van der Waals surface area contributed by atoms with Crippen LogP contribution in [0.25, 0.3) is 0 Å². The molecule has 1 amide bonds. The summed E-state index contributed by atoms with van der Waals surface area (Å²) in [6, 6.07) is 6.96. The molecular formula is C12H16N4O3S. The lowest BCUT2D eigenvalue weighted by molar-refractivity contribution is -0.154. The number of esters is 1. The van der Waals surface area contributed by atoms with Crippen molar-refractivity contribution in [2.24, 2.45) is 0 Å². The smallest absolute Gasteiger partial charge is 0.398 e. The summed E-state index contributed by atoms with van der Waals surface area (Å²) < 4.78 is 4.55. The lowest BCUT2D eigenvalue weighted by Crippen LogP contribution is -2.36. The number of carbonyl (C=O) groups excluding carboxylic acids is 2. The maximum atomic E-state index is 11.3. The van der Waals surface area contributed by atoms with Crippen LogP contribution in [-0.2, 0) is 14.3 Å². The molecule has 0 fully saturated rings. The molecule has 0 atom stereocenters. The zero-order valence-electron chi connectivity index (χ0n) is 11.1. The Labute approximate surface area is 122 Å². The van der Waals surface area contributed by atoms with Gasteiger partial charge in [0.1, 0.15) is 0 Å². The standard InChI is InChI=1S/C12H16N4O3S/c1-3-19-11(18)10(17)16-15-9-6-4-8(5-7-9)14-12(20)13-2/h4-7,15H,3H2,1-2H3,(H,16,17)(H2,13,14,20). The largest absolute Gasteiger partial charge is 0.459 e. The van der Waals surface area contributed by atoms with Gasteiger partial charge in [-0.05, 0) is 43.4 Å². The Hall–Kier alpha value is -2.35. The summed E-state index contributed by atoms with van der Waals surface area (Å²) in [6.07, 6.45) is 0. The van der Waals surface area contributed by atoms with Gasteiger partial charge in [-0.3, -0.25) is 15.6 Å². The van der Waals surface area contributed by atoms with Crippen molar-refractivity contribution in [2.45, 2.75) is 6.92 Å². The molecule has 4 N–H and O–H groups in total. The zero-order chi connectivity index (χ0) is 15.0. The molecule has 7 nitrogen and oxygen atoms in total. The molecule has 0 saturated heterocycles. The average molecular weight is 296 g/mol. The van der Waals surface area contributed by atoms with E-state index >= 15 is 0 Å². The summed E-state index contributed by atoms with van der Waals surface area (Å²) in [6.45, 7) is 1.78. The van der Waals surface area contributed by atoms with Gasteiger partial charge in [-0.1, -0.05) is 0 Å². The van der Waals surface area contributed by atoms with Gasteiger partial charge in [0.15, 0.2) is 5.11 Å². The van der Waals surface area contributed by atoms with Gasteiger partial charge in [0.25, 0.3) is 0 Å². The van der Waals surface area contributed by atoms with Crippen molar-refractivity contribution in [2.75, 3.05) is 24.4 Å². The van der Waals surface area contributed by atoms with Gasteiger partial charge in [0, 0.05) is 12.7 Å². The number of hydrogen-bond donors (Lipinski definition) is 4. The Balaban J connectivity index is 2.47. The van der Waals surface area contributed by atoms with Crippen LogP contribution in [0.3, 0.4) is 0 Å². The van der Waals surface area contributed by atoms with Crippen molar-refractivity contribution < 1.29 is 14.3 Å². The second-order valence-corrected chi connectivity index (χ2v) is 3.99. The van der Waals surface area contributed by atoms with Crippen LogP contribution in [0.2, 0.25) is 0 Å². The third-order valence-corrected chi connectivity index (χ3v) is 2.46. The highest BCUT2D eigenvalue weighted by atomic mass is 32.1. The second-order valence-electron chi connectivity index (χ2n) is 3.58. The molecule has 0 aromatic heterocycles. The summed E-state index contributed by atoms with van der Waals surface area (Å²) in [5.74, 6) is -1.79. The minimum atomic E-state index is -0.933. The van der Waals surface area contributed by atoms with Crippen LogP contribution in [0.1, 0.15) is 6.92 Å². The molecule has 0 radical (unpaired) electrons. The molecule has 0 aliphatic heterocycles. The number of rotatable bonds is 4. The Morgan fingerprint density at radius 1 is 1.20 bits per heavy atom. The summed E-state index contributed by atoms with van der Waals surface area (Å²) >= 11 is 4.96. The molecule has 1 aromatic rings. The van der Waals surface area contributed by atoms with Crippen molar-refractivity contribution in [1.82, 2.24) is 10.7 Å². The van der Waals surface area contributed by atoms with E-state index in [1.807, 2.05) is 0 Å². The van der Waals surface area contributed by atoms with Crippen LogP contribution >= 0.6 is 12.2 Å². The Bertz CT molecular complexity index is 490. The van der Waals surface area contributed by atoms with E-state index in [9.17, 15) is 9.59 Å². The van der Waals surface area contributed by atoms with E-state index in [1.54, 1.807) is 38.2 Å². The number of hydrazine groups is 1. The average Bonchev–Trinajstić information content (AvgIpc) is 2.46. The zero-order valence-corrected chi connectivity index (χ0v) is 12.0. The predicted molar refractivity (Wildman–Crippen MR) is 80.1 cm³/mol. The van der Waals surface area contributed by atoms with Crippen molar-refractivity contribution in [3.05, 3.63) is 24.3 Å². The highest BCUT2D eigenvalue weighted by Crippen LogP contribution is 2.12. The summed E-state index contributed by atoms with van der Waals surface area (Å²) in [4.78, 5) is 22.3. The maximum absolute atomic E-state index is 11.3. The molecule has 108 valence electrons. The van der Waals surface area contributed by atoms with E-state index in [1.165, 1.54) is 0 Å². The third kappa shape index (κ3) is 5.11. The maximum Gasteiger partial charge on any atom is 0.398 e. The van der Waals surface area contributed by atoms with Crippen LogP contribution in [0.4, 0.5) is 11.4 Å². The van der Waals surface area contributed by atoms with Crippen molar-refractivity contribution in [3.63, 3.8) is 0 Å². The number of amides is 1. The number of thiocarbonyl (C=S) groups is 1. The summed E-state index contributed by atoms with van der Waals surface area (Å²) in [5.41, 5.74) is 6.25. The topological polar surface area (TPSA) is 91.5 Å². The first-order chi connectivity index (χ1) is 9.56. The fourth-order valence-corrected chi connectivity index (χ4v) is 1.32. The second kappa shape index (κ2) is 7.95. The van der Waals surface area contributed by atoms with Gasteiger partial charge in [-0.15, -0.1) is 0 Å². The molecule has 0 heterocycles. The number of carbonyl (C=O) groups is 2. The van der Waals surface area contributed by atoms with Crippen LogP contribution in [0.5, 0.6) is 0 Å². The van der Waals surface area contributed by atoms with Crippen molar-refractivity contribution in [1.29, 1.82) is 0 Å². The van der Waals surface area contributed by atoms with Crippen LogP contribution in [0, 0.1) is 0 Å². The minimum absolute atomic E-state index is 0.151. The molecular weight excluding hydrogens is 280 g/mol. The minimum Gasteiger partial charge on any atom is -0.459 e. The third-order valence-electron chi connectivity index (χ3n) is 2.15. The van der Waals surface area contributed by atoms with Crippen LogP contribution in [0.15, 0.2) is 24.3 Å². The monoisotopic (exact) mass is 296 g/mol. The molecule has 0 saturated carbocycles. The first kappa shape index (κ1) is 15.7. The van der Waals surface area contributed by atoms with Crippen LogP contribution in [-0.4, -0.2) is 30.6 Å².